The first kappa shape index (κ1) is 13.9. The van der Waals surface area contributed by atoms with Gasteiger partial charge in [-0.3, -0.25) is 9.00 Å². The van der Waals surface area contributed by atoms with Crippen LogP contribution in [0.15, 0.2) is 29.2 Å². The summed E-state index contributed by atoms with van der Waals surface area (Å²) in [6, 6.07) is 7.34. The van der Waals surface area contributed by atoms with Gasteiger partial charge in [0.05, 0.1) is 29.1 Å². The average Bonchev–Trinajstić information content (AvgIpc) is 2.28. The van der Waals surface area contributed by atoms with Crippen molar-refractivity contribution in [1.29, 1.82) is 0 Å². The summed E-state index contributed by atoms with van der Waals surface area (Å²) in [5.41, 5.74) is 1.10. The van der Waals surface area contributed by atoms with Crippen LogP contribution < -0.4 is 0 Å². The van der Waals surface area contributed by atoms with Gasteiger partial charge in [0.25, 0.3) is 0 Å². The highest BCUT2D eigenvalue weighted by molar-refractivity contribution is 7.85. The summed E-state index contributed by atoms with van der Waals surface area (Å²) in [6.45, 7) is 1.95. The van der Waals surface area contributed by atoms with Gasteiger partial charge in [0, 0.05) is 12.0 Å². The van der Waals surface area contributed by atoms with Gasteiger partial charge in [0.15, 0.2) is 0 Å². The maximum atomic E-state index is 11.9. The minimum atomic E-state index is -1.23. The molecule has 94 valence electrons. The first-order chi connectivity index (χ1) is 8.02. The van der Waals surface area contributed by atoms with Gasteiger partial charge in [0.2, 0.25) is 0 Å². The van der Waals surface area contributed by atoms with E-state index in [-0.39, 0.29) is 12.2 Å². The summed E-state index contributed by atoms with van der Waals surface area (Å²) in [4.78, 5) is 11.2. The van der Waals surface area contributed by atoms with Crippen molar-refractivity contribution >= 4 is 16.8 Å². The van der Waals surface area contributed by atoms with Gasteiger partial charge in [-0.15, -0.1) is 0 Å². The Labute approximate surface area is 103 Å². The molecule has 0 spiro atoms. The molecule has 4 nitrogen and oxygen atoms in total. The van der Waals surface area contributed by atoms with Crippen molar-refractivity contribution in [3.05, 3.63) is 29.8 Å². The summed E-state index contributed by atoms with van der Waals surface area (Å²) in [5, 5.41) is 8.66. The Morgan fingerprint density at radius 1 is 1.41 bits per heavy atom. The Bertz CT molecular complexity index is 399. The number of aliphatic carboxylic acids is 1. The van der Waals surface area contributed by atoms with Crippen LogP contribution in [0.4, 0.5) is 0 Å². The van der Waals surface area contributed by atoms with Crippen molar-refractivity contribution < 1.29 is 18.8 Å². The standard InChI is InChI=1S/C12H16O4S/c1-9-3-5-11(6-4-9)17(15)8-10(16-2)7-12(13)14/h3-6,10H,7-8H2,1-2H3,(H,13,14)/t10-,17?/m1/s1. The monoisotopic (exact) mass is 256 g/mol. The smallest absolute Gasteiger partial charge is 0.306 e. The maximum absolute atomic E-state index is 11.9. The predicted molar refractivity (Wildman–Crippen MR) is 65.5 cm³/mol. The molecular weight excluding hydrogens is 240 g/mol. The largest absolute Gasteiger partial charge is 0.481 e. The molecule has 0 heterocycles. The van der Waals surface area contributed by atoms with E-state index >= 15 is 0 Å². The van der Waals surface area contributed by atoms with Gasteiger partial charge < -0.3 is 9.84 Å². The Morgan fingerprint density at radius 3 is 2.47 bits per heavy atom. The molecule has 0 saturated carbocycles. The summed E-state index contributed by atoms with van der Waals surface area (Å²) in [7, 11) is 0.204. The average molecular weight is 256 g/mol. The highest BCUT2D eigenvalue weighted by atomic mass is 32.2. The Hall–Kier alpha value is -1.20. The molecule has 1 rings (SSSR count). The van der Waals surface area contributed by atoms with Crippen LogP contribution in [0.3, 0.4) is 0 Å². The van der Waals surface area contributed by atoms with E-state index in [9.17, 15) is 9.00 Å². The van der Waals surface area contributed by atoms with Crippen LogP contribution in [0.25, 0.3) is 0 Å². The zero-order chi connectivity index (χ0) is 12.8. The lowest BCUT2D eigenvalue weighted by Gasteiger charge is -2.12. The van der Waals surface area contributed by atoms with E-state index in [1.54, 1.807) is 12.1 Å². The van der Waals surface area contributed by atoms with Crippen molar-refractivity contribution in [3.8, 4) is 0 Å². The van der Waals surface area contributed by atoms with Crippen LogP contribution in [0, 0.1) is 6.92 Å². The number of rotatable bonds is 6. The summed E-state index contributed by atoms with van der Waals surface area (Å²) in [5.74, 6) is -0.746. The van der Waals surface area contributed by atoms with Crippen LogP contribution in [-0.4, -0.2) is 34.3 Å². The summed E-state index contributed by atoms with van der Waals surface area (Å²) in [6.07, 6.45) is -0.650. The molecule has 0 saturated heterocycles. The molecule has 5 heteroatoms. The molecule has 0 aliphatic rings. The number of ether oxygens (including phenoxy) is 1. The Morgan fingerprint density at radius 2 is 2.00 bits per heavy atom. The second-order valence-corrected chi connectivity index (χ2v) is 5.28. The second kappa shape index (κ2) is 6.51. The zero-order valence-electron chi connectivity index (χ0n) is 9.88. The third kappa shape index (κ3) is 4.66. The van der Waals surface area contributed by atoms with Gasteiger partial charge in [-0.25, -0.2) is 0 Å². The number of carboxylic acids is 1. The normalized spacial score (nSPS) is 14.2. The lowest BCUT2D eigenvalue weighted by molar-refractivity contribution is -0.139. The lowest BCUT2D eigenvalue weighted by Crippen LogP contribution is -2.23. The fourth-order valence-corrected chi connectivity index (χ4v) is 2.58. The molecule has 1 unspecified atom stereocenters. The van der Waals surface area contributed by atoms with Crippen molar-refractivity contribution in [2.75, 3.05) is 12.9 Å². The van der Waals surface area contributed by atoms with Crippen LogP contribution in [0.5, 0.6) is 0 Å². The van der Waals surface area contributed by atoms with E-state index in [0.717, 1.165) is 5.56 Å². The number of methoxy groups -OCH3 is 1. The maximum Gasteiger partial charge on any atom is 0.306 e. The van der Waals surface area contributed by atoms with E-state index in [1.165, 1.54) is 7.11 Å². The first-order valence-electron chi connectivity index (χ1n) is 5.22. The molecule has 1 aromatic rings. The molecule has 0 fully saturated rings. The molecule has 2 atom stereocenters. The molecule has 1 aromatic carbocycles. The van der Waals surface area contributed by atoms with Crippen molar-refractivity contribution in [1.82, 2.24) is 0 Å². The molecule has 0 amide bonds. The first-order valence-corrected chi connectivity index (χ1v) is 6.54. The molecule has 0 bridgehead atoms. The number of hydrogen-bond acceptors (Lipinski definition) is 3. The molecule has 17 heavy (non-hydrogen) atoms. The lowest BCUT2D eigenvalue weighted by atomic mass is 10.2. The number of aryl methyl sites for hydroxylation is 1. The van der Waals surface area contributed by atoms with Gasteiger partial charge in [0.1, 0.15) is 0 Å². The second-order valence-electron chi connectivity index (χ2n) is 3.78. The topological polar surface area (TPSA) is 63.6 Å². The molecule has 0 radical (unpaired) electrons. The molecular formula is C12H16O4S. The van der Waals surface area contributed by atoms with Crippen LogP contribution in [0.1, 0.15) is 12.0 Å². The van der Waals surface area contributed by atoms with Gasteiger partial charge in [-0.1, -0.05) is 17.7 Å². The minimum Gasteiger partial charge on any atom is -0.481 e. The molecule has 1 N–H and O–H groups in total. The van der Waals surface area contributed by atoms with E-state index in [1.807, 2.05) is 19.1 Å². The van der Waals surface area contributed by atoms with E-state index < -0.39 is 22.9 Å². The third-order valence-electron chi connectivity index (χ3n) is 2.36. The quantitative estimate of drug-likeness (QED) is 0.839. The predicted octanol–water partition coefficient (Wildman–Crippen LogP) is 1.59. The summed E-state index contributed by atoms with van der Waals surface area (Å²) < 4.78 is 16.9. The van der Waals surface area contributed by atoms with E-state index in [0.29, 0.717) is 4.90 Å². The molecule has 0 aromatic heterocycles. The fourth-order valence-electron chi connectivity index (χ4n) is 1.36. The van der Waals surface area contributed by atoms with Crippen molar-refractivity contribution in [2.24, 2.45) is 0 Å². The Balaban J connectivity index is 2.64. The zero-order valence-corrected chi connectivity index (χ0v) is 10.7. The van der Waals surface area contributed by atoms with Crippen LogP contribution >= 0.6 is 0 Å². The van der Waals surface area contributed by atoms with Crippen LogP contribution in [0.2, 0.25) is 0 Å². The van der Waals surface area contributed by atoms with E-state index in [2.05, 4.69) is 0 Å². The third-order valence-corrected chi connectivity index (χ3v) is 3.83. The van der Waals surface area contributed by atoms with Gasteiger partial charge >= 0.3 is 5.97 Å². The number of carbonyl (C=O) groups is 1. The van der Waals surface area contributed by atoms with Gasteiger partial charge in [-0.2, -0.15) is 0 Å². The molecule has 0 aliphatic carbocycles. The van der Waals surface area contributed by atoms with Crippen LogP contribution in [-0.2, 0) is 20.3 Å². The highest BCUT2D eigenvalue weighted by Gasteiger charge is 2.16. The number of hydrogen-bond donors (Lipinski definition) is 1. The molecule has 0 aliphatic heterocycles. The Kier molecular flexibility index (Phi) is 5.31. The number of benzene rings is 1. The van der Waals surface area contributed by atoms with E-state index in [4.69, 9.17) is 9.84 Å². The highest BCUT2D eigenvalue weighted by Crippen LogP contribution is 2.11. The minimum absolute atomic E-state index is 0.131. The van der Waals surface area contributed by atoms with Crippen molar-refractivity contribution in [3.63, 3.8) is 0 Å². The SMILES string of the molecule is CO[C@H](CC(=O)O)CS(=O)c1ccc(C)cc1. The van der Waals surface area contributed by atoms with Gasteiger partial charge in [-0.05, 0) is 19.1 Å². The fraction of sp³-hybridized carbons (Fsp3) is 0.417. The number of carboxylic acid groups (broad SMARTS) is 1. The van der Waals surface area contributed by atoms with Crippen molar-refractivity contribution in [2.45, 2.75) is 24.3 Å². The summed E-state index contributed by atoms with van der Waals surface area (Å²) >= 11 is 0.